The Morgan fingerprint density at radius 2 is 1.59 bits per heavy atom. The normalized spacial score (nSPS) is 27.7. The van der Waals surface area contributed by atoms with Crippen LogP contribution in [0.3, 0.4) is 0 Å². The largest absolute Gasteiger partial charge is 0.494 e. The van der Waals surface area contributed by atoms with Gasteiger partial charge in [-0.05, 0) is 111 Å². The molecule has 2 fully saturated rings. The second-order valence-corrected chi connectivity index (χ2v) is 8.93. The lowest BCUT2D eigenvalue weighted by Gasteiger charge is -2.37. The lowest BCUT2D eigenvalue weighted by Crippen LogP contribution is -2.25. The fraction of sp³-hybridized carbons (Fsp3) is 0.538. The summed E-state index contributed by atoms with van der Waals surface area (Å²) < 4.78 is 35.2. The van der Waals surface area contributed by atoms with E-state index in [0.717, 1.165) is 42.9 Å². The first-order valence-electron chi connectivity index (χ1n) is 11.3. The minimum atomic E-state index is -0.732. The molecule has 0 radical (unpaired) electrons. The van der Waals surface area contributed by atoms with Crippen LogP contribution in [-0.2, 0) is 0 Å². The summed E-state index contributed by atoms with van der Waals surface area (Å²) in [6.45, 7) is 6.33. The van der Waals surface area contributed by atoms with E-state index in [1.54, 1.807) is 6.07 Å². The minimum Gasteiger partial charge on any atom is -0.494 e. The topological polar surface area (TPSA) is 9.23 Å². The van der Waals surface area contributed by atoms with E-state index in [-0.39, 0.29) is 5.92 Å². The Labute approximate surface area is 173 Å². The van der Waals surface area contributed by atoms with E-state index < -0.39 is 11.6 Å². The molecule has 0 bridgehead atoms. The van der Waals surface area contributed by atoms with Gasteiger partial charge in [-0.3, -0.25) is 0 Å². The SMILES string of the molecule is C=CC1CCC(C2CCC(c3cc4ccc(OCC)cc4c(F)c3F)CC2)CC1. The van der Waals surface area contributed by atoms with Crippen LogP contribution in [0.1, 0.15) is 69.8 Å². The van der Waals surface area contributed by atoms with E-state index in [1.165, 1.54) is 25.7 Å². The number of hydrogen-bond acceptors (Lipinski definition) is 1. The van der Waals surface area contributed by atoms with E-state index >= 15 is 0 Å². The molecule has 0 aromatic heterocycles. The first kappa shape index (κ1) is 20.4. The zero-order valence-electron chi connectivity index (χ0n) is 17.4. The molecule has 0 atom stereocenters. The first-order chi connectivity index (χ1) is 14.1. The minimum absolute atomic E-state index is 0.126. The summed E-state index contributed by atoms with van der Waals surface area (Å²) in [5.41, 5.74) is 0.563. The van der Waals surface area contributed by atoms with Gasteiger partial charge in [0.15, 0.2) is 11.6 Å². The van der Waals surface area contributed by atoms with Crippen molar-refractivity contribution in [3.63, 3.8) is 0 Å². The Balaban J connectivity index is 1.47. The average molecular weight is 399 g/mol. The highest BCUT2D eigenvalue weighted by atomic mass is 19.2. The van der Waals surface area contributed by atoms with Gasteiger partial charge < -0.3 is 4.74 Å². The van der Waals surface area contributed by atoms with Gasteiger partial charge in [0.2, 0.25) is 0 Å². The van der Waals surface area contributed by atoms with Gasteiger partial charge in [-0.15, -0.1) is 6.58 Å². The summed E-state index contributed by atoms with van der Waals surface area (Å²) in [5, 5.41) is 1.07. The van der Waals surface area contributed by atoms with Gasteiger partial charge in [0.25, 0.3) is 0 Å². The number of rotatable bonds is 5. The fourth-order valence-corrected chi connectivity index (χ4v) is 5.63. The van der Waals surface area contributed by atoms with Crippen LogP contribution in [0.25, 0.3) is 10.8 Å². The molecule has 0 amide bonds. The summed E-state index contributed by atoms with van der Waals surface area (Å²) in [7, 11) is 0. The third-order valence-corrected chi connectivity index (χ3v) is 7.36. The Bertz CT molecular complexity index is 859. The smallest absolute Gasteiger partial charge is 0.167 e. The molecule has 2 aliphatic carbocycles. The molecule has 0 spiro atoms. The van der Waals surface area contributed by atoms with Crippen LogP contribution in [0.2, 0.25) is 0 Å². The summed E-state index contributed by atoms with van der Waals surface area (Å²) in [5.74, 6) is 1.56. The number of allylic oxidation sites excluding steroid dienone is 1. The molecule has 0 unspecified atom stereocenters. The van der Waals surface area contributed by atoms with Crippen molar-refractivity contribution in [2.45, 2.75) is 64.2 Å². The Morgan fingerprint density at radius 3 is 2.21 bits per heavy atom. The van der Waals surface area contributed by atoms with Crippen LogP contribution in [-0.4, -0.2) is 6.61 Å². The lowest BCUT2D eigenvalue weighted by atomic mass is 9.68. The molecular formula is C26H32F2O. The van der Waals surface area contributed by atoms with Crippen molar-refractivity contribution < 1.29 is 13.5 Å². The molecule has 29 heavy (non-hydrogen) atoms. The van der Waals surface area contributed by atoms with E-state index in [0.29, 0.717) is 29.2 Å². The molecule has 2 aliphatic rings. The Hall–Kier alpha value is -1.90. The van der Waals surface area contributed by atoms with Gasteiger partial charge in [0.1, 0.15) is 5.75 Å². The monoisotopic (exact) mass is 398 g/mol. The molecule has 0 aliphatic heterocycles. The van der Waals surface area contributed by atoms with Crippen LogP contribution in [0.5, 0.6) is 5.75 Å². The molecule has 0 saturated heterocycles. The van der Waals surface area contributed by atoms with Crippen molar-refractivity contribution in [2.24, 2.45) is 17.8 Å². The first-order valence-corrected chi connectivity index (χ1v) is 11.3. The van der Waals surface area contributed by atoms with E-state index in [9.17, 15) is 8.78 Å². The highest BCUT2D eigenvalue weighted by Gasteiger charge is 2.32. The van der Waals surface area contributed by atoms with Crippen molar-refractivity contribution in [1.29, 1.82) is 0 Å². The second kappa shape index (κ2) is 8.85. The molecule has 2 aromatic rings. The number of halogens is 2. The van der Waals surface area contributed by atoms with Crippen molar-refractivity contribution in [1.82, 2.24) is 0 Å². The fourth-order valence-electron chi connectivity index (χ4n) is 5.63. The molecular weight excluding hydrogens is 366 g/mol. The number of ether oxygens (including phenoxy) is 1. The number of hydrogen-bond donors (Lipinski definition) is 0. The maximum absolute atomic E-state index is 14.9. The molecule has 0 N–H and O–H groups in total. The van der Waals surface area contributed by atoms with E-state index in [2.05, 4.69) is 12.7 Å². The van der Waals surface area contributed by atoms with Gasteiger partial charge in [-0.25, -0.2) is 8.78 Å². The van der Waals surface area contributed by atoms with Crippen LogP contribution in [0.15, 0.2) is 36.9 Å². The predicted molar refractivity (Wildman–Crippen MR) is 115 cm³/mol. The summed E-state index contributed by atoms with van der Waals surface area (Å²) in [6, 6.07) is 7.15. The molecule has 1 nitrogen and oxygen atoms in total. The standard InChI is InChI=1S/C26H32F2O/c1-3-17-5-7-18(8-6-17)19-9-11-20(12-10-19)23-15-21-13-14-22(29-4-2)16-24(21)26(28)25(23)27/h3,13-20H,1,4-12H2,2H3. The van der Waals surface area contributed by atoms with Crippen LogP contribution in [0, 0.1) is 29.4 Å². The van der Waals surface area contributed by atoms with E-state index in [4.69, 9.17) is 4.74 Å². The van der Waals surface area contributed by atoms with Gasteiger partial charge in [0.05, 0.1) is 6.61 Å². The molecule has 2 saturated carbocycles. The number of fused-ring (bicyclic) bond motifs is 1. The predicted octanol–water partition coefficient (Wildman–Crippen LogP) is 7.78. The average Bonchev–Trinajstić information content (AvgIpc) is 2.77. The highest BCUT2D eigenvalue weighted by Crippen LogP contribution is 2.45. The molecule has 4 rings (SSSR count). The van der Waals surface area contributed by atoms with E-state index in [1.807, 2.05) is 25.1 Å². The highest BCUT2D eigenvalue weighted by molar-refractivity contribution is 5.85. The summed E-state index contributed by atoms with van der Waals surface area (Å²) in [4.78, 5) is 0. The molecule has 3 heteroatoms. The zero-order chi connectivity index (χ0) is 20.4. The van der Waals surface area contributed by atoms with Crippen molar-refractivity contribution in [2.75, 3.05) is 6.61 Å². The zero-order valence-corrected chi connectivity index (χ0v) is 17.4. The van der Waals surface area contributed by atoms with Crippen LogP contribution in [0.4, 0.5) is 8.78 Å². The molecule has 156 valence electrons. The third-order valence-electron chi connectivity index (χ3n) is 7.36. The van der Waals surface area contributed by atoms with Crippen LogP contribution < -0.4 is 4.74 Å². The van der Waals surface area contributed by atoms with Crippen molar-refractivity contribution in [3.05, 3.63) is 54.1 Å². The quantitative estimate of drug-likeness (QED) is 0.467. The van der Waals surface area contributed by atoms with Gasteiger partial charge in [-0.2, -0.15) is 0 Å². The molecule has 2 aromatic carbocycles. The lowest BCUT2D eigenvalue weighted by molar-refractivity contribution is 0.171. The Kier molecular flexibility index (Phi) is 6.22. The summed E-state index contributed by atoms with van der Waals surface area (Å²) >= 11 is 0. The van der Waals surface area contributed by atoms with Crippen LogP contribution >= 0.6 is 0 Å². The third kappa shape index (κ3) is 4.20. The van der Waals surface area contributed by atoms with Gasteiger partial charge >= 0.3 is 0 Å². The maximum Gasteiger partial charge on any atom is 0.167 e. The Morgan fingerprint density at radius 1 is 0.931 bits per heavy atom. The van der Waals surface area contributed by atoms with Gasteiger partial charge in [0, 0.05) is 5.39 Å². The van der Waals surface area contributed by atoms with Gasteiger partial charge in [-0.1, -0.05) is 12.1 Å². The van der Waals surface area contributed by atoms with Crippen molar-refractivity contribution in [3.8, 4) is 5.75 Å². The summed E-state index contributed by atoms with van der Waals surface area (Å²) in [6.07, 6.45) is 11.4. The van der Waals surface area contributed by atoms with Crippen molar-refractivity contribution >= 4 is 10.8 Å². The number of benzene rings is 2. The second-order valence-electron chi connectivity index (χ2n) is 8.93. The molecule has 0 heterocycles. The maximum atomic E-state index is 14.9.